The second-order valence-corrected chi connectivity index (χ2v) is 9.55. The van der Waals surface area contributed by atoms with Crippen molar-refractivity contribution >= 4 is 29.2 Å². The highest BCUT2D eigenvalue weighted by Crippen LogP contribution is 2.37. The summed E-state index contributed by atoms with van der Waals surface area (Å²) in [5.41, 5.74) is 2.56. The van der Waals surface area contributed by atoms with Gasteiger partial charge in [0.2, 0.25) is 5.95 Å². The van der Waals surface area contributed by atoms with Crippen molar-refractivity contribution in [3.63, 3.8) is 0 Å². The number of para-hydroxylation sites is 1. The molecule has 1 N–H and O–H groups in total. The van der Waals surface area contributed by atoms with Crippen molar-refractivity contribution in [3.05, 3.63) is 36.0 Å². The van der Waals surface area contributed by atoms with Gasteiger partial charge >= 0.3 is 0 Å². The fourth-order valence-electron chi connectivity index (χ4n) is 4.75. The van der Waals surface area contributed by atoms with E-state index in [1.807, 2.05) is 11.8 Å². The highest BCUT2D eigenvalue weighted by molar-refractivity contribution is 7.99. The maximum absolute atomic E-state index is 5.01. The second kappa shape index (κ2) is 8.82. The number of fused-ring (bicyclic) bond motifs is 1. The lowest BCUT2D eigenvalue weighted by molar-refractivity contribution is 0.373. The second-order valence-electron chi connectivity index (χ2n) is 8.44. The molecule has 1 aliphatic carbocycles. The van der Waals surface area contributed by atoms with Crippen molar-refractivity contribution in [2.45, 2.75) is 43.4 Å². The van der Waals surface area contributed by atoms with Gasteiger partial charge in [0.25, 0.3) is 0 Å². The highest BCUT2D eigenvalue weighted by Gasteiger charge is 2.25. The number of hydrogen-bond acceptors (Lipinski definition) is 6. The number of anilines is 3. The van der Waals surface area contributed by atoms with Crippen LogP contribution in [-0.4, -0.2) is 48.4 Å². The summed E-state index contributed by atoms with van der Waals surface area (Å²) in [6.07, 6.45) is 7.98. The lowest BCUT2D eigenvalue weighted by Crippen LogP contribution is -2.47. The van der Waals surface area contributed by atoms with Crippen LogP contribution in [0.25, 0.3) is 0 Å². The third-order valence-electron chi connectivity index (χ3n) is 6.48. The Balaban J connectivity index is 1.28. The molecule has 1 saturated carbocycles. The smallest absolute Gasteiger partial charge is 0.227 e. The fourth-order valence-corrected chi connectivity index (χ4v) is 5.82. The molecule has 1 aromatic heterocycles. The maximum atomic E-state index is 5.01. The molecule has 3 aliphatic rings. The first-order chi connectivity index (χ1) is 14.4. The fraction of sp³-hybridized carbons (Fsp3) is 0.565. The number of piperazine rings is 1. The van der Waals surface area contributed by atoms with Gasteiger partial charge in [-0.25, -0.2) is 4.98 Å². The highest BCUT2D eigenvalue weighted by atomic mass is 32.2. The van der Waals surface area contributed by atoms with E-state index in [0.29, 0.717) is 0 Å². The van der Waals surface area contributed by atoms with Crippen LogP contribution >= 0.6 is 11.8 Å². The Hall–Kier alpha value is -1.95. The molecule has 2 aromatic rings. The monoisotopic (exact) mass is 409 g/mol. The Morgan fingerprint density at radius 3 is 2.48 bits per heavy atom. The number of thioether (sulfide) groups is 1. The first-order valence-electron chi connectivity index (χ1n) is 11.2. The van der Waals surface area contributed by atoms with Crippen LogP contribution in [0.15, 0.2) is 35.2 Å². The molecular formula is C23H31N5S. The molecule has 5 nitrogen and oxygen atoms in total. The van der Waals surface area contributed by atoms with Gasteiger partial charge in [-0.15, -0.1) is 11.8 Å². The molecule has 0 atom stereocenters. The van der Waals surface area contributed by atoms with Crippen molar-refractivity contribution in [1.82, 2.24) is 9.97 Å². The average Bonchev–Trinajstić information content (AvgIpc) is 3.28. The van der Waals surface area contributed by atoms with E-state index in [4.69, 9.17) is 9.97 Å². The number of benzene rings is 1. The standard InChI is InChI=1S/C23H31N5S/c1-3-7-18(8-4-1)17-24-22-21-20(11-16-29-21)25-23(26-22)28-14-12-27(13-15-28)19-9-5-2-6-10-19/h2,5-6,9-10,18H,1,3-4,7-8,11-17H2,(H,24,25,26). The Morgan fingerprint density at radius 2 is 1.69 bits per heavy atom. The Labute approximate surface area is 178 Å². The summed E-state index contributed by atoms with van der Waals surface area (Å²) in [6.45, 7) is 5.05. The molecule has 0 spiro atoms. The van der Waals surface area contributed by atoms with Crippen LogP contribution in [0.2, 0.25) is 0 Å². The van der Waals surface area contributed by atoms with Crippen LogP contribution in [0.1, 0.15) is 37.8 Å². The first-order valence-corrected chi connectivity index (χ1v) is 12.2. The molecule has 0 amide bonds. The van der Waals surface area contributed by atoms with E-state index >= 15 is 0 Å². The number of rotatable bonds is 5. The molecule has 2 fully saturated rings. The van der Waals surface area contributed by atoms with E-state index in [0.717, 1.165) is 62.6 Å². The molecule has 3 heterocycles. The Morgan fingerprint density at radius 1 is 0.931 bits per heavy atom. The van der Waals surface area contributed by atoms with Crippen molar-refractivity contribution in [3.8, 4) is 0 Å². The van der Waals surface area contributed by atoms with Crippen LogP contribution in [0.4, 0.5) is 17.5 Å². The van der Waals surface area contributed by atoms with E-state index in [-0.39, 0.29) is 0 Å². The molecule has 1 saturated heterocycles. The minimum absolute atomic E-state index is 0.804. The number of aryl methyl sites for hydroxylation is 1. The minimum atomic E-state index is 0.804. The van der Waals surface area contributed by atoms with E-state index < -0.39 is 0 Å². The molecule has 2 aliphatic heterocycles. The molecule has 0 radical (unpaired) electrons. The lowest BCUT2D eigenvalue weighted by atomic mass is 9.89. The zero-order valence-electron chi connectivity index (χ0n) is 17.1. The predicted octanol–water partition coefficient (Wildman–Crippen LogP) is 4.44. The summed E-state index contributed by atoms with van der Waals surface area (Å²) in [4.78, 5) is 16.1. The summed E-state index contributed by atoms with van der Waals surface area (Å²) >= 11 is 1.92. The van der Waals surface area contributed by atoms with Crippen molar-refractivity contribution in [2.24, 2.45) is 5.92 Å². The summed E-state index contributed by atoms with van der Waals surface area (Å²) in [5, 5.41) is 3.72. The van der Waals surface area contributed by atoms with Crippen molar-refractivity contribution in [1.29, 1.82) is 0 Å². The number of nitrogens with zero attached hydrogens (tertiary/aromatic N) is 4. The van der Waals surface area contributed by atoms with Crippen LogP contribution in [0, 0.1) is 5.92 Å². The molecule has 6 heteroatoms. The summed E-state index contributed by atoms with van der Waals surface area (Å²) < 4.78 is 0. The third-order valence-corrected chi connectivity index (χ3v) is 7.60. The van der Waals surface area contributed by atoms with Gasteiger partial charge in [-0.2, -0.15) is 4.98 Å². The molecule has 0 unspecified atom stereocenters. The van der Waals surface area contributed by atoms with Gasteiger partial charge in [0.05, 0.1) is 10.6 Å². The summed E-state index contributed by atoms with van der Waals surface area (Å²) in [5.74, 6) is 3.94. The van der Waals surface area contributed by atoms with Crippen molar-refractivity contribution in [2.75, 3.05) is 53.6 Å². The number of hydrogen-bond donors (Lipinski definition) is 1. The molecule has 0 bridgehead atoms. The third kappa shape index (κ3) is 4.32. The molecule has 1 aromatic carbocycles. The van der Waals surface area contributed by atoms with Crippen LogP contribution < -0.4 is 15.1 Å². The van der Waals surface area contributed by atoms with Gasteiger partial charge in [-0.3, -0.25) is 0 Å². The summed E-state index contributed by atoms with van der Waals surface area (Å²) in [6, 6.07) is 10.7. The van der Waals surface area contributed by atoms with Gasteiger partial charge in [0.1, 0.15) is 5.82 Å². The van der Waals surface area contributed by atoms with Gasteiger partial charge < -0.3 is 15.1 Å². The topological polar surface area (TPSA) is 44.3 Å². The van der Waals surface area contributed by atoms with Gasteiger partial charge in [-0.05, 0) is 30.9 Å². The SMILES string of the molecule is c1ccc(N2CCN(c3nc4c(c(NCC5CCCCC5)n3)SCC4)CC2)cc1. The Kier molecular flexibility index (Phi) is 5.79. The lowest BCUT2D eigenvalue weighted by Gasteiger charge is -2.36. The summed E-state index contributed by atoms with van der Waals surface area (Å²) in [7, 11) is 0. The number of aromatic nitrogens is 2. The normalized spacial score (nSPS) is 20.0. The average molecular weight is 410 g/mol. The zero-order valence-corrected chi connectivity index (χ0v) is 18.0. The molecule has 5 rings (SSSR count). The van der Waals surface area contributed by atoms with Crippen LogP contribution in [0.5, 0.6) is 0 Å². The molecule has 154 valence electrons. The predicted molar refractivity (Wildman–Crippen MR) is 122 cm³/mol. The first kappa shape index (κ1) is 19.0. The largest absolute Gasteiger partial charge is 0.369 e. The van der Waals surface area contributed by atoms with Gasteiger partial charge in [-0.1, -0.05) is 37.5 Å². The Bertz CT molecular complexity index is 814. The molecule has 29 heavy (non-hydrogen) atoms. The minimum Gasteiger partial charge on any atom is -0.369 e. The maximum Gasteiger partial charge on any atom is 0.227 e. The zero-order chi connectivity index (χ0) is 19.5. The number of nitrogens with one attached hydrogen (secondary N) is 1. The van der Waals surface area contributed by atoms with Crippen molar-refractivity contribution < 1.29 is 0 Å². The van der Waals surface area contributed by atoms with Gasteiger partial charge in [0, 0.05) is 50.6 Å². The van der Waals surface area contributed by atoms with Crippen LogP contribution in [0.3, 0.4) is 0 Å². The van der Waals surface area contributed by atoms with Gasteiger partial charge in [0.15, 0.2) is 0 Å². The van der Waals surface area contributed by atoms with E-state index in [9.17, 15) is 0 Å². The van der Waals surface area contributed by atoms with E-state index in [1.54, 1.807) is 0 Å². The molecular weight excluding hydrogens is 378 g/mol. The van der Waals surface area contributed by atoms with E-state index in [2.05, 4.69) is 45.4 Å². The van der Waals surface area contributed by atoms with E-state index in [1.165, 1.54) is 48.4 Å². The van der Waals surface area contributed by atoms with Crippen LogP contribution in [-0.2, 0) is 6.42 Å². The quantitative estimate of drug-likeness (QED) is 0.787.